The zero-order chi connectivity index (χ0) is 30.5. The fourth-order valence-corrected chi connectivity index (χ4v) is 4.36. The van der Waals surface area contributed by atoms with Crippen LogP contribution in [0.15, 0.2) is 72.8 Å². The summed E-state index contributed by atoms with van der Waals surface area (Å²) in [6.45, 7) is 0. The first-order valence-electron chi connectivity index (χ1n) is 13.5. The Kier molecular flexibility index (Phi) is 11.7. The third-order valence-corrected chi connectivity index (χ3v) is 6.81. The van der Waals surface area contributed by atoms with E-state index in [4.69, 9.17) is 0 Å². The summed E-state index contributed by atoms with van der Waals surface area (Å²) in [6.07, 6.45) is 1.88. The molecule has 3 aromatic rings. The third kappa shape index (κ3) is 10.2. The normalized spacial score (nSPS) is 12.9. The molecule has 0 aromatic heterocycles. The average Bonchev–Trinajstić information content (AvgIpc) is 2.97. The van der Waals surface area contributed by atoms with Crippen molar-refractivity contribution in [3.63, 3.8) is 0 Å². The lowest BCUT2D eigenvalue weighted by atomic mass is 10.0. The van der Waals surface area contributed by atoms with Crippen LogP contribution in [0, 0.1) is 0 Å². The number of hydrogen-bond donors (Lipinski definition) is 7. The molecule has 11 nitrogen and oxygen atoms in total. The molecule has 222 valence electrons. The molecule has 3 aromatic carbocycles. The van der Waals surface area contributed by atoms with Crippen molar-refractivity contribution in [3.05, 3.63) is 89.5 Å². The molecule has 3 rings (SSSR count). The van der Waals surface area contributed by atoms with Crippen LogP contribution in [-0.4, -0.2) is 62.7 Å². The molecule has 7 N–H and O–H groups in total. The zero-order valence-corrected chi connectivity index (χ0v) is 22.9. The van der Waals surface area contributed by atoms with E-state index in [1.54, 1.807) is 36.4 Å². The first-order valence-corrected chi connectivity index (χ1v) is 13.5. The van der Waals surface area contributed by atoms with E-state index in [0.29, 0.717) is 25.7 Å². The standard InChI is InChI=1S/C31H35N3O8/c35-19-32-26(16-7-20-1-10-23(36)11-2-20)29(39)33-27(17-8-21-3-12-24(37)13-4-21)30(40)34-28(31(41)42)18-9-22-5-14-25(38)15-6-22/h1-6,10-15,19,26-28,36-38H,7-9,16-18H2,(H,32,35)(H,33,39)(H,34,40)(H,41,42)/t26-,27-,28+/m1/s1. The van der Waals surface area contributed by atoms with Gasteiger partial charge in [-0.2, -0.15) is 0 Å². The molecular formula is C31H35N3O8. The molecule has 0 aliphatic carbocycles. The number of aliphatic carboxylic acids is 1. The molecule has 0 saturated heterocycles. The van der Waals surface area contributed by atoms with Crippen LogP contribution in [0.1, 0.15) is 36.0 Å². The molecule has 0 fully saturated rings. The lowest BCUT2D eigenvalue weighted by molar-refractivity contribution is -0.142. The van der Waals surface area contributed by atoms with Crippen LogP contribution in [0.3, 0.4) is 0 Å². The highest BCUT2D eigenvalue weighted by Gasteiger charge is 2.28. The predicted octanol–water partition coefficient (Wildman–Crippen LogP) is 2.17. The van der Waals surface area contributed by atoms with E-state index in [1.165, 1.54) is 36.4 Å². The monoisotopic (exact) mass is 577 g/mol. The Labute approximate surface area is 243 Å². The second-order valence-corrected chi connectivity index (χ2v) is 9.91. The Morgan fingerprint density at radius 3 is 1.29 bits per heavy atom. The number of benzene rings is 3. The number of aryl methyl sites for hydroxylation is 3. The maximum absolute atomic E-state index is 13.3. The molecule has 0 bridgehead atoms. The molecule has 0 heterocycles. The summed E-state index contributed by atoms with van der Waals surface area (Å²) in [6, 6.07) is 15.8. The number of carboxylic acids is 1. The lowest BCUT2D eigenvalue weighted by Crippen LogP contribution is -2.55. The van der Waals surface area contributed by atoms with Gasteiger partial charge in [-0.3, -0.25) is 14.4 Å². The molecule has 0 aliphatic rings. The van der Waals surface area contributed by atoms with Crippen molar-refractivity contribution in [3.8, 4) is 17.2 Å². The van der Waals surface area contributed by atoms with Crippen molar-refractivity contribution < 1.29 is 39.6 Å². The van der Waals surface area contributed by atoms with Gasteiger partial charge < -0.3 is 36.4 Å². The lowest BCUT2D eigenvalue weighted by Gasteiger charge is -2.24. The number of rotatable bonds is 16. The minimum absolute atomic E-state index is 0.0758. The van der Waals surface area contributed by atoms with Gasteiger partial charge in [-0.25, -0.2) is 4.79 Å². The highest BCUT2D eigenvalue weighted by Crippen LogP contribution is 2.15. The molecule has 0 spiro atoms. The van der Waals surface area contributed by atoms with Gasteiger partial charge >= 0.3 is 5.97 Å². The van der Waals surface area contributed by atoms with Crippen LogP contribution in [0.2, 0.25) is 0 Å². The van der Waals surface area contributed by atoms with Gasteiger partial charge in [0.25, 0.3) is 0 Å². The Morgan fingerprint density at radius 1 is 0.571 bits per heavy atom. The van der Waals surface area contributed by atoms with E-state index in [-0.39, 0.29) is 36.5 Å². The van der Waals surface area contributed by atoms with Gasteiger partial charge in [0.15, 0.2) is 0 Å². The predicted molar refractivity (Wildman–Crippen MR) is 154 cm³/mol. The number of carbonyl (C=O) groups excluding carboxylic acids is 3. The van der Waals surface area contributed by atoms with Gasteiger partial charge in [0, 0.05) is 0 Å². The summed E-state index contributed by atoms with van der Waals surface area (Å²) >= 11 is 0. The number of nitrogens with one attached hydrogen (secondary N) is 3. The largest absolute Gasteiger partial charge is 0.508 e. The summed E-state index contributed by atoms with van der Waals surface area (Å²) < 4.78 is 0. The van der Waals surface area contributed by atoms with Gasteiger partial charge in [0.05, 0.1) is 0 Å². The molecule has 0 radical (unpaired) electrons. The average molecular weight is 578 g/mol. The fraction of sp³-hybridized carbons (Fsp3) is 0.290. The van der Waals surface area contributed by atoms with E-state index in [2.05, 4.69) is 16.0 Å². The molecule has 3 amide bonds. The summed E-state index contributed by atoms with van der Waals surface area (Å²) in [5, 5.41) is 45.9. The quantitative estimate of drug-likeness (QED) is 0.126. The Bertz CT molecular complexity index is 1330. The van der Waals surface area contributed by atoms with Crippen LogP contribution >= 0.6 is 0 Å². The smallest absolute Gasteiger partial charge is 0.326 e. The SMILES string of the molecule is O=CN[C@H](CCc1ccc(O)cc1)C(=O)N[C@H](CCc1ccc(O)cc1)C(=O)N[C@@H](CCc1ccc(O)cc1)C(=O)O. The number of carboxylic acid groups (broad SMARTS) is 1. The van der Waals surface area contributed by atoms with Gasteiger partial charge in [-0.05, 0) is 91.6 Å². The first-order chi connectivity index (χ1) is 20.1. The topological polar surface area (TPSA) is 185 Å². The number of amides is 3. The Balaban J connectivity index is 1.71. The van der Waals surface area contributed by atoms with Gasteiger partial charge in [0.1, 0.15) is 35.4 Å². The third-order valence-electron chi connectivity index (χ3n) is 6.81. The summed E-state index contributed by atoms with van der Waals surface area (Å²) in [4.78, 5) is 49.8. The molecule has 0 saturated carbocycles. The molecule has 3 atom stereocenters. The van der Waals surface area contributed by atoms with Crippen molar-refractivity contribution >= 4 is 24.2 Å². The number of hydrogen-bond acceptors (Lipinski definition) is 7. The number of phenolic OH excluding ortho intramolecular Hbond substituents is 3. The maximum Gasteiger partial charge on any atom is 0.326 e. The van der Waals surface area contributed by atoms with Gasteiger partial charge in [-0.15, -0.1) is 0 Å². The van der Waals surface area contributed by atoms with Crippen molar-refractivity contribution in [2.24, 2.45) is 0 Å². The number of aromatic hydroxyl groups is 3. The summed E-state index contributed by atoms with van der Waals surface area (Å²) in [5.74, 6) is -2.27. The Morgan fingerprint density at radius 2 is 0.905 bits per heavy atom. The van der Waals surface area contributed by atoms with Crippen LogP contribution in [0.5, 0.6) is 17.2 Å². The second-order valence-electron chi connectivity index (χ2n) is 9.91. The molecule has 0 aliphatic heterocycles. The summed E-state index contributed by atoms with van der Waals surface area (Å²) in [7, 11) is 0. The van der Waals surface area contributed by atoms with Crippen LogP contribution in [0.25, 0.3) is 0 Å². The van der Waals surface area contributed by atoms with Crippen LogP contribution in [0.4, 0.5) is 0 Å². The van der Waals surface area contributed by atoms with Gasteiger partial charge in [0.2, 0.25) is 18.2 Å². The van der Waals surface area contributed by atoms with Crippen LogP contribution in [-0.2, 0) is 38.4 Å². The van der Waals surface area contributed by atoms with E-state index in [1.807, 2.05) is 0 Å². The van der Waals surface area contributed by atoms with Crippen molar-refractivity contribution in [1.82, 2.24) is 16.0 Å². The summed E-state index contributed by atoms with van der Waals surface area (Å²) in [5.41, 5.74) is 2.40. The Hall–Kier alpha value is -5.06. The van der Waals surface area contributed by atoms with Crippen LogP contribution < -0.4 is 16.0 Å². The molecule has 0 unspecified atom stereocenters. The van der Waals surface area contributed by atoms with E-state index < -0.39 is 35.9 Å². The molecule has 42 heavy (non-hydrogen) atoms. The van der Waals surface area contributed by atoms with E-state index >= 15 is 0 Å². The fourth-order valence-electron chi connectivity index (χ4n) is 4.36. The minimum atomic E-state index is -1.24. The molecule has 11 heteroatoms. The van der Waals surface area contributed by atoms with Gasteiger partial charge in [-0.1, -0.05) is 36.4 Å². The van der Waals surface area contributed by atoms with Crippen molar-refractivity contribution in [1.29, 1.82) is 0 Å². The van der Waals surface area contributed by atoms with Crippen molar-refractivity contribution in [2.75, 3.05) is 0 Å². The van der Waals surface area contributed by atoms with Crippen molar-refractivity contribution in [2.45, 2.75) is 56.7 Å². The highest BCUT2D eigenvalue weighted by molar-refractivity contribution is 5.92. The van der Waals surface area contributed by atoms with E-state index in [9.17, 15) is 39.6 Å². The second kappa shape index (κ2) is 15.7. The molecular weight excluding hydrogens is 542 g/mol. The minimum Gasteiger partial charge on any atom is -0.508 e. The first kappa shape index (κ1) is 31.5. The van der Waals surface area contributed by atoms with E-state index in [0.717, 1.165) is 16.7 Å². The number of carbonyl (C=O) groups is 4. The zero-order valence-electron chi connectivity index (χ0n) is 22.9. The maximum atomic E-state index is 13.3. The highest BCUT2D eigenvalue weighted by atomic mass is 16.4. The number of phenols is 3.